The Bertz CT molecular complexity index is 878. The van der Waals surface area contributed by atoms with Gasteiger partial charge >= 0.3 is 0 Å². The molecule has 0 radical (unpaired) electrons. The van der Waals surface area contributed by atoms with E-state index >= 15 is 0 Å². The topological polar surface area (TPSA) is 49.0 Å². The number of hydrogen-bond acceptors (Lipinski definition) is 3. The first-order valence-corrected chi connectivity index (χ1v) is 9.02. The normalized spacial score (nSPS) is 11.3. The SMILES string of the molecule is CCCN(CCC)Cc1ccc(-c2nc3ccccc3c(=O)[nH]2)cc1. The lowest BCUT2D eigenvalue weighted by atomic mass is 10.1. The minimum atomic E-state index is -0.0956. The molecule has 1 N–H and O–H groups in total. The first kappa shape index (κ1) is 17.4. The van der Waals surface area contributed by atoms with Gasteiger partial charge in [-0.3, -0.25) is 9.69 Å². The Kier molecular flexibility index (Phi) is 5.61. The predicted octanol–water partition coefficient (Wildman–Crippen LogP) is 4.21. The monoisotopic (exact) mass is 335 g/mol. The molecule has 0 atom stereocenters. The maximum Gasteiger partial charge on any atom is 0.259 e. The summed E-state index contributed by atoms with van der Waals surface area (Å²) in [5.41, 5.74) is 2.85. The van der Waals surface area contributed by atoms with E-state index in [9.17, 15) is 4.79 Å². The summed E-state index contributed by atoms with van der Waals surface area (Å²) in [6.45, 7) is 7.63. The summed E-state index contributed by atoms with van der Waals surface area (Å²) in [7, 11) is 0. The van der Waals surface area contributed by atoms with Crippen molar-refractivity contribution < 1.29 is 0 Å². The van der Waals surface area contributed by atoms with Gasteiger partial charge in [-0.2, -0.15) is 0 Å². The second-order valence-electron chi connectivity index (χ2n) is 6.40. The van der Waals surface area contributed by atoms with Crippen molar-refractivity contribution in [3.63, 3.8) is 0 Å². The number of benzene rings is 2. The molecule has 2 aromatic carbocycles. The second kappa shape index (κ2) is 8.08. The Morgan fingerprint density at radius 1 is 0.960 bits per heavy atom. The molecule has 0 saturated heterocycles. The standard InChI is InChI=1S/C21H25N3O/c1-3-13-24(14-4-2)15-16-9-11-17(12-10-16)20-22-19-8-6-5-7-18(19)21(25)23-20/h5-12H,3-4,13-15H2,1-2H3,(H,22,23,25). The van der Waals surface area contributed by atoms with Crippen LogP contribution in [-0.4, -0.2) is 28.0 Å². The van der Waals surface area contributed by atoms with E-state index < -0.39 is 0 Å². The van der Waals surface area contributed by atoms with Crippen LogP contribution in [0.1, 0.15) is 32.3 Å². The molecule has 3 aromatic rings. The molecule has 1 aromatic heterocycles. The van der Waals surface area contributed by atoms with Gasteiger partial charge in [0.1, 0.15) is 5.82 Å². The molecule has 0 aliphatic rings. The van der Waals surface area contributed by atoms with Crippen LogP contribution in [0.15, 0.2) is 53.3 Å². The Morgan fingerprint density at radius 2 is 1.64 bits per heavy atom. The third-order valence-electron chi connectivity index (χ3n) is 4.33. The van der Waals surface area contributed by atoms with E-state index in [0.717, 1.165) is 30.7 Å². The highest BCUT2D eigenvalue weighted by molar-refractivity contribution is 5.79. The summed E-state index contributed by atoms with van der Waals surface area (Å²) in [5, 5.41) is 0.623. The molecule has 0 spiro atoms. The third kappa shape index (κ3) is 4.15. The number of para-hydroxylation sites is 1. The van der Waals surface area contributed by atoms with Crippen LogP contribution in [0.5, 0.6) is 0 Å². The van der Waals surface area contributed by atoms with E-state index in [1.54, 1.807) is 6.07 Å². The highest BCUT2D eigenvalue weighted by Gasteiger charge is 2.07. The van der Waals surface area contributed by atoms with Gasteiger partial charge in [-0.1, -0.05) is 50.2 Å². The molecule has 0 bridgehead atoms. The Balaban J connectivity index is 1.84. The fourth-order valence-corrected chi connectivity index (χ4v) is 3.15. The van der Waals surface area contributed by atoms with Crippen LogP contribution in [0.3, 0.4) is 0 Å². The van der Waals surface area contributed by atoms with Gasteiger partial charge in [-0.05, 0) is 43.6 Å². The van der Waals surface area contributed by atoms with Gasteiger partial charge < -0.3 is 4.98 Å². The predicted molar refractivity (Wildman–Crippen MR) is 104 cm³/mol. The second-order valence-corrected chi connectivity index (χ2v) is 6.40. The lowest BCUT2D eigenvalue weighted by Crippen LogP contribution is -2.24. The Morgan fingerprint density at radius 3 is 2.32 bits per heavy atom. The van der Waals surface area contributed by atoms with Crippen LogP contribution in [0.25, 0.3) is 22.3 Å². The minimum Gasteiger partial charge on any atom is -0.306 e. The van der Waals surface area contributed by atoms with Gasteiger partial charge in [-0.15, -0.1) is 0 Å². The molecule has 3 rings (SSSR count). The molecule has 0 saturated carbocycles. The quantitative estimate of drug-likeness (QED) is 0.703. The first-order chi connectivity index (χ1) is 12.2. The smallest absolute Gasteiger partial charge is 0.259 e. The number of aromatic amines is 1. The number of rotatable bonds is 7. The van der Waals surface area contributed by atoms with Gasteiger partial charge in [0, 0.05) is 12.1 Å². The van der Waals surface area contributed by atoms with E-state index in [2.05, 4.69) is 40.8 Å². The lowest BCUT2D eigenvalue weighted by molar-refractivity contribution is 0.266. The highest BCUT2D eigenvalue weighted by atomic mass is 16.1. The number of aromatic nitrogens is 2. The van der Waals surface area contributed by atoms with Crippen molar-refractivity contribution in [2.75, 3.05) is 13.1 Å². The highest BCUT2D eigenvalue weighted by Crippen LogP contribution is 2.18. The molecule has 0 aliphatic heterocycles. The van der Waals surface area contributed by atoms with Crippen molar-refractivity contribution in [3.8, 4) is 11.4 Å². The van der Waals surface area contributed by atoms with Crippen LogP contribution in [-0.2, 0) is 6.54 Å². The Labute approximate surface area is 148 Å². The van der Waals surface area contributed by atoms with Crippen molar-refractivity contribution in [1.29, 1.82) is 0 Å². The maximum atomic E-state index is 12.2. The van der Waals surface area contributed by atoms with Crippen LogP contribution in [0.4, 0.5) is 0 Å². The van der Waals surface area contributed by atoms with Gasteiger partial charge in [0.15, 0.2) is 0 Å². The van der Waals surface area contributed by atoms with Gasteiger partial charge in [0.25, 0.3) is 5.56 Å². The fourth-order valence-electron chi connectivity index (χ4n) is 3.15. The maximum absolute atomic E-state index is 12.2. The van der Waals surface area contributed by atoms with E-state index in [1.165, 1.54) is 18.4 Å². The minimum absolute atomic E-state index is 0.0956. The third-order valence-corrected chi connectivity index (χ3v) is 4.33. The lowest BCUT2D eigenvalue weighted by Gasteiger charge is -2.21. The van der Waals surface area contributed by atoms with Crippen molar-refractivity contribution in [2.45, 2.75) is 33.2 Å². The van der Waals surface area contributed by atoms with E-state index in [1.807, 2.05) is 30.3 Å². The summed E-state index contributed by atoms with van der Waals surface area (Å²) < 4.78 is 0. The van der Waals surface area contributed by atoms with E-state index in [0.29, 0.717) is 11.2 Å². The molecule has 0 unspecified atom stereocenters. The first-order valence-electron chi connectivity index (χ1n) is 9.02. The Hall–Kier alpha value is -2.46. The van der Waals surface area contributed by atoms with Crippen molar-refractivity contribution >= 4 is 10.9 Å². The molecule has 4 heteroatoms. The molecule has 0 aliphatic carbocycles. The average molecular weight is 335 g/mol. The van der Waals surface area contributed by atoms with Crippen molar-refractivity contribution in [2.24, 2.45) is 0 Å². The summed E-state index contributed by atoms with van der Waals surface area (Å²) in [6.07, 6.45) is 2.33. The summed E-state index contributed by atoms with van der Waals surface area (Å²) in [4.78, 5) is 22.2. The van der Waals surface area contributed by atoms with Crippen LogP contribution in [0, 0.1) is 0 Å². The van der Waals surface area contributed by atoms with E-state index in [4.69, 9.17) is 0 Å². The molecule has 0 amide bonds. The molecular formula is C21H25N3O. The van der Waals surface area contributed by atoms with Crippen molar-refractivity contribution in [1.82, 2.24) is 14.9 Å². The molecule has 130 valence electrons. The molecular weight excluding hydrogens is 310 g/mol. The number of fused-ring (bicyclic) bond motifs is 1. The van der Waals surface area contributed by atoms with Crippen LogP contribution >= 0.6 is 0 Å². The van der Waals surface area contributed by atoms with Crippen LogP contribution in [0.2, 0.25) is 0 Å². The average Bonchev–Trinajstić information content (AvgIpc) is 2.63. The summed E-state index contributed by atoms with van der Waals surface area (Å²) in [6, 6.07) is 15.8. The zero-order valence-electron chi connectivity index (χ0n) is 15.0. The summed E-state index contributed by atoms with van der Waals surface area (Å²) in [5.74, 6) is 0.620. The van der Waals surface area contributed by atoms with Crippen molar-refractivity contribution in [3.05, 3.63) is 64.4 Å². The van der Waals surface area contributed by atoms with E-state index in [-0.39, 0.29) is 5.56 Å². The van der Waals surface area contributed by atoms with Crippen LogP contribution < -0.4 is 5.56 Å². The molecule has 25 heavy (non-hydrogen) atoms. The zero-order chi connectivity index (χ0) is 17.6. The number of hydrogen-bond donors (Lipinski definition) is 1. The molecule has 4 nitrogen and oxygen atoms in total. The largest absolute Gasteiger partial charge is 0.306 e. The number of nitrogens with one attached hydrogen (secondary N) is 1. The molecule has 1 heterocycles. The fraction of sp³-hybridized carbons (Fsp3) is 0.333. The van der Waals surface area contributed by atoms with Gasteiger partial charge in [-0.25, -0.2) is 4.98 Å². The van der Waals surface area contributed by atoms with Gasteiger partial charge in [0.2, 0.25) is 0 Å². The van der Waals surface area contributed by atoms with Gasteiger partial charge in [0.05, 0.1) is 10.9 Å². The molecule has 0 fully saturated rings. The zero-order valence-corrected chi connectivity index (χ0v) is 15.0. The summed E-state index contributed by atoms with van der Waals surface area (Å²) >= 11 is 0. The number of nitrogens with zero attached hydrogens (tertiary/aromatic N) is 2. The number of H-pyrrole nitrogens is 1.